The van der Waals surface area contributed by atoms with Crippen molar-refractivity contribution in [3.8, 4) is 22.3 Å². The van der Waals surface area contributed by atoms with Crippen molar-refractivity contribution in [1.29, 1.82) is 0 Å². The zero-order chi connectivity index (χ0) is 35.3. The number of hydrazone groups is 2. The second kappa shape index (κ2) is 12.6. The zero-order valence-corrected chi connectivity index (χ0v) is 29.5. The summed E-state index contributed by atoms with van der Waals surface area (Å²) < 4.78 is 27.2. The van der Waals surface area contributed by atoms with Crippen LogP contribution in [0.1, 0.15) is 22.3 Å². The smallest absolute Gasteiger partial charge is 0.206 e. The maximum atomic E-state index is 13.6. The summed E-state index contributed by atoms with van der Waals surface area (Å²) in [7, 11) is 4.32. The summed E-state index contributed by atoms with van der Waals surface area (Å²) >= 11 is 0. The van der Waals surface area contributed by atoms with E-state index in [-0.39, 0.29) is 9.79 Å². The summed E-state index contributed by atoms with van der Waals surface area (Å²) in [6, 6.07) is 42.6. The molecule has 0 aromatic heterocycles. The van der Waals surface area contributed by atoms with Gasteiger partial charge in [-0.05, 0) is 95.1 Å². The molecule has 0 fully saturated rings. The van der Waals surface area contributed by atoms with Gasteiger partial charge in [0.15, 0.2) is 0 Å². The first-order chi connectivity index (χ1) is 24.7. The minimum atomic E-state index is -3.76. The standard InChI is InChI=1S/C42H36N6O2S/c1-47(2)29-17-23-35-33-9-5-7-11-37(33)41(39(35)25-29)45-43-27-13-19-31(20-14-27)51(49,50)32-21-15-28(16-22-32)44-46-42-38-12-8-6-10-34(38)36-24-18-30(48(3)4)26-40(36)42/h5-26,43-44H,1-4H3/b45-41+,46-42+. The minimum Gasteiger partial charge on any atom is -0.378 e. The SMILES string of the molecule is CN(C)c1ccc2c(c1)/C(=N/Nc1ccc(S(=O)(=O)c3ccc(N/N=C4\c5ccccc5-c5ccc(N(C)C)cc54)cc3)cc1)c1ccccc1-2. The molecule has 0 aliphatic heterocycles. The lowest BCUT2D eigenvalue weighted by molar-refractivity contribution is 0.596. The number of hydrogen-bond donors (Lipinski definition) is 2. The number of fused-ring (bicyclic) bond motifs is 6. The van der Waals surface area contributed by atoms with Crippen molar-refractivity contribution in [2.24, 2.45) is 10.2 Å². The molecule has 0 amide bonds. The van der Waals surface area contributed by atoms with Crippen molar-refractivity contribution in [2.45, 2.75) is 9.79 Å². The number of hydrogen-bond acceptors (Lipinski definition) is 8. The van der Waals surface area contributed by atoms with Gasteiger partial charge in [0.2, 0.25) is 9.84 Å². The minimum absolute atomic E-state index is 0.199. The van der Waals surface area contributed by atoms with Crippen molar-refractivity contribution in [1.82, 2.24) is 0 Å². The van der Waals surface area contributed by atoms with Crippen LogP contribution in [0.25, 0.3) is 22.3 Å². The third-order valence-corrected chi connectivity index (χ3v) is 11.2. The van der Waals surface area contributed by atoms with Crippen LogP contribution in [0.3, 0.4) is 0 Å². The molecule has 2 N–H and O–H groups in total. The lowest BCUT2D eigenvalue weighted by Crippen LogP contribution is -2.10. The van der Waals surface area contributed by atoms with Gasteiger partial charge in [-0.1, -0.05) is 60.7 Å². The molecule has 0 bridgehead atoms. The monoisotopic (exact) mass is 688 g/mol. The number of anilines is 4. The van der Waals surface area contributed by atoms with E-state index in [0.717, 1.165) is 67.3 Å². The molecular weight excluding hydrogens is 653 g/mol. The third-order valence-electron chi connectivity index (χ3n) is 9.42. The van der Waals surface area contributed by atoms with Crippen molar-refractivity contribution in [2.75, 3.05) is 48.8 Å². The molecular formula is C42H36N6O2S. The molecule has 2 aliphatic rings. The molecule has 0 radical (unpaired) electrons. The number of benzene rings is 6. The normalized spacial score (nSPS) is 14.1. The summed E-state index contributed by atoms with van der Waals surface area (Å²) in [6.07, 6.45) is 0. The van der Waals surface area contributed by atoms with Crippen LogP contribution in [0.15, 0.2) is 153 Å². The van der Waals surface area contributed by atoms with Crippen LogP contribution in [-0.4, -0.2) is 48.0 Å². The van der Waals surface area contributed by atoms with E-state index in [2.05, 4.69) is 81.3 Å². The van der Waals surface area contributed by atoms with E-state index in [9.17, 15) is 8.42 Å². The van der Waals surface area contributed by atoms with Gasteiger partial charge in [-0.25, -0.2) is 8.42 Å². The van der Waals surface area contributed by atoms with Crippen LogP contribution >= 0.6 is 0 Å². The Kier molecular flexibility index (Phi) is 7.92. The van der Waals surface area contributed by atoms with Crippen molar-refractivity contribution in [3.05, 3.63) is 156 Å². The maximum Gasteiger partial charge on any atom is 0.206 e. The second-order valence-corrected chi connectivity index (χ2v) is 15.0. The molecule has 0 unspecified atom stereocenters. The largest absolute Gasteiger partial charge is 0.378 e. The van der Waals surface area contributed by atoms with Gasteiger partial charge in [-0.3, -0.25) is 10.9 Å². The summed E-state index contributed by atoms with van der Waals surface area (Å²) in [5.74, 6) is 0. The fourth-order valence-corrected chi connectivity index (χ4v) is 7.92. The number of nitrogens with zero attached hydrogens (tertiary/aromatic N) is 4. The third kappa shape index (κ3) is 5.71. The molecule has 0 atom stereocenters. The van der Waals surface area contributed by atoms with Gasteiger partial charge >= 0.3 is 0 Å². The first-order valence-electron chi connectivity index (χ1n) is 16.6. The second-order valence-electron chi connectivity index (χ2n) is 13.0. The molecule has 0 saturated carbocycles. The predicted molar refractivity (Wildman–Crippen MR) is 209 cm³/mol. The fourth-order valence-electron chi connectivity index (χ4n) is 6.66. The topological polar surface area (TPSA) is 89.4 Å². The number of sulfone groups is 1. The van der Waals surface area contributed by atoms with Crippen LogP contribution in [-0.2, 0) is 9.84 Å². The Morgan fingerprint density at radius 1 is 0.431 bits per heavy atom. The van der Waals surface area contributed by atoms with Crippen LogP contribution in [0, 0.1) is 0 Å². The van der Waals surface area contributed by atoms with Crippen LogP contribution in [0.5, 0.6) is 0 Å². The van der Waals surface area contributed by atoms with E-state index in [1.54, 1.807) is 48.5 Å². The van der Waals surface area contributed by atoms with Crippen LogP contribution in [0.4, 0.5) is 22.7 Å². The average Bonchev–Trinajstić information content (AvgIpc) is 3.64. The summed E-state index contributed by atoms with van der Waals surface area (Å²) in [5, 5.41) is 9.60. The zero-order valence-electron chi connectivity index (χ0n) is 28.7. The lowest BCUT2D eigenvalue weighted by atomic mass is 10.1. The van der Waals surface area contributed by atoms with Gasteiger partial charge in [0.25, 0.3) is 0 Å². The van der Waals surface area contributed by atoms with Gasteiger partial charge in [0, 0.05) is 61.8 Å². The van der Waals surface area contributed by atoms with E-state index < -0.39 is 9.84 Å². The van der Waals surface area contributed by atoms with Gasteiger partial charge < -0.3 is 9.80 Å². The lowest BCUT2D eigenvalue weighted by Gasteiger charge is -2.14. The van der Waals surface area contributed by atoms with E-state index in [0.29, 0.717) is 11.4 Å². The van der Waals surface area contributed by atoms with Crippen LogP contribution in [0.2, 0.25) is 0 Å². The number of rotatable bonds is 8. The number of nitrogens with one attached hydrogen (secondary N) is 2. The molecule has 6 aromatic rings. The van der Waals surface area contributed by atoms with Crippen molar-refractivity contribution >= 4 is 44.0 Å². The van der Waals surface area contributed by atoms with Crippen molar-refractivity contribution in [3.63, 3.8) is 0 Å². The molecule has 8 rings (SSSR count). The molecule has 0 saturated heterocycles. The molecule has 0 spiro atoms. The van der Waals surface area contributed by atoms with Gasteiger partial charge in [-0.2, -0.15) is 10.2 Å². The highest BCUT2D eigenvalue weighted by atomic mass is 32.2. The van der Waals surface area contributed by atoms with E-state index in [1.807, 2.05) is 52.5 Å². The van der Waals surface area contributed by atoms with E-state index in [4.69, 9.17) is 10.2 Å². The molecule has 252 valence electrons. The first kappa shape index (κ1) is 32.0. The van der Waals surface area contributed by atoms with E-state index in [1.165, 1.54) is 0 Å². The molecule has 6 aromatic carbocycles. The fraction of sp³-hybridized carbons (Fsp3) is 0.0952. The molecule has 8 nitrogen and oxygen atoms in total. The summed E-state index contributed by atoms with van der Waals surface area (Å²) in [4.78, 5) is 4.54. The molecule has 2 aliphatic carbocycles. The Morgan fingerprint density at radius 3 is 1.16 bits per heavy atom. The average molecular weight is 689 g/mol. The van der Waals surface area contributed by atoms with Crippen molar-refractivity contribution < 1.29 is 8.42 Å². The van der Waals surface area contributed by atoms with Gasteiger partial charge in [0.05, 0.1) is 32.6 Å². The highest BCUT2D eigenvalue weighted by Crippen LogP contribution is 2.40. The Morgan fingerprint density at radius 2 is 0.784 bits per heavy atom. The van der Waals surface area contributed by atoms with Crippen LogP contribution < -0.4 is 20.7 Å². The highest BCUT2D eigenvalue weighted by Gasteiger charge is 2.27. The Balaban J connectivity index is 1.00. The van der Waals surface area contributed by atoms with Gasteiger partial charge in [-0.15, -0.1) is 0 Å². The Labute approximate surface area is 298 Å². The summed E-state index contributed by atoms with van der Waals surface area (Å²) in [6.45, 7) is 0. The summed E-state index contributed by atoms with van der Waals surface area (Å²) in [5.41, 5.74) is 20.3. The molecule has 51 heavy (non-hydrogen) atoms. The quantitative estimate of drug-likeness (QED) is 0.156. The first-order valence-corrected chi connectivity index (χ1v) is 18.1. The van der Waals surface area contributed by atoms with E-state index >= 15 is 0 Å². The van der Waals surface area contributed by atoms with Gasteiger partial charge in [0.1, 0.15) is 0 Å². The maximum absolute atomic E-state index is 13.6. The highest BCUT2D eigenvalue weighted by molar-refractivity contribution is 7.91. The Bertz CT molecular complexity index is 2320. The molecule has 0 heterocycles. The Hall–Kier alpha value is -6.19. The molecule has 9 heteroatoms. The predicted octanol–water partition coefficient (Wildman–Crippen LogP) is 8.34.